The van der Waals surface area contributed by atoms with Crippen molar-refractivity contribution in [3.63, 3.8) is 0 Å². The summed E-state index contributed by atoms with van der Waals surface area (Å²) < 4.78 is 15.4. The van der Waals surface area contributed by atoms with Crippen LogP contribution in [-0.2, 0) is 17.7 Å². The molecule has 2 aliphatic rings. The molecule has 7 nitrogen and oxygen atoms in total. The molecule has 0 atom stereocenters. The van der Waals surface area contributed by atoms with E-state index in [1.807, 2.05) is 18.7 Å². The van der Waals surface area contributed by atoms with Crippen LogP contribution < -0.4 is 0 Å². The van der Waals surface area contributed by atoms with Crippen molar-refractivity contribution >= 4 is 17.4 Å². The number of hydrogen-bond donors (Lipinski definition) is 0. The van der Waals surface area contributed by atoms with Crippen LogP contribution >= 0.6 is 11.5 Å². The van der Waals surface area contributed by atoms with Gasteiger partial charge < -0.3 is 14.1 Å². The lowest BCUT2D eigenvalue weighted by Crippen LogP contribution is -2.36. The Hall–Kier alpha value is -1.80. The number of carbonyl (C=O) groups is 1. The Morgan fingerprint density at radius 3 is 2.88 bits per heavy atom. The molecule has 0 aromatic carbocycles. The summed E-state index contributed by atoms with van der Waals surface area (Å²) in [6.45, 7) is 6.72. The number of amides is 1. The molecular formula is C17H22N4O3S. The van der Waals surface area contributed by atoms with Crippen LogP contribution in [0.15, 0.2) is 4.42 Å². The molecule has 134 valence electrons. The van der Waals surface area contributed by atoms with Crippen LogP contribution in [0.25, 0.3) is 0 Å². The van der Waals surface area contributed by atoms with Crippen LogP contribution in [-0.4, -0.2) is 45.1 Å². The Kier molecular flexibility index (Phi) is 4.56. The summed E-state index contributed by atoms with van der Waals surface area (Å²) in [5.41, 5.74) is 1.67. The summed E-state index contributed by atoms with van der Waals surface area (Å²) in [5.74, 6) is 2.26. The van der Waals surface area contributed by atoms with E-state index >= 15 is 0 Å². The fraction of sp³-hybridized carbons (Fsp3) is 0.647. The Balaban J connectivity index is 1.51. The van der Waals surface area contributed by atoms with Crippen molar-refractivity contribution in [3.05, 3.63) is 27.9 Å². The molecule has 4 rings (SSSR count). The van der Waals surface area contributed by atoms with E-state index in [9.17, 15) is 4.79 Å². The van der Waals surface area contributed by atoms with Crippen molar-refractivity contribution < 1.29 is 13.9 Å². The van der Waals surface area contributed by atoms with Gasteiger partial charge in [-0.3, -0.25) is 4.79 Å². The van der Waals surface area contributed by atoms with Gasteiger partial charge in [0.15, 0.2) is 5.89 Å². The minimum absolute atomic E-state index is 0.0000311. The molecule has 0 spiro atoms. The molecular weight excluding hydrogens is 340 g/mol. The minimum atomic E-state index is -0.0000311. The molecule has 0 aliphatic carbocycles. The molecule has 4 heterocycles. The van der Waals surface area contributed by atoms with Gasteiger partial charge in [-0.05, 0) is 30.3 Å². The van der Waals surface area contributed by atoms with Crippen LogP contribution in [0.3, 0.4) is 0 Å². The van der Waals surface area contributed by atoms with Crippen LogP contribution in [0.4, 0.5) is 0 Å². The van der Waals surface area contributed by atoms with Crippen molar-refractivity contribution in [2.24, 2.45) is 0 Å². The van der Waals surface area contributed by atoms with E-state index in [1.54, 1.807) is 0 Å². The highest BCUT2D eigenvalue weighted by molar-refractivity contribution is 7.08. The van der Waals surface area contributed by atoms with Gasteiger partial charge in [-0.2, -0.15) is 0 Å². The predicted molar refractivity (Wildman–Crippen MR) is 91.7 cm³/mol. The minimum Gasteiger partial charge on any atom is -0.445 e. The standard InChI is InChI=1S/C17H22N4O3S/c1-10(2)14-15(25-20-19-14)17(22)21-6-3-13-12(9-21)18-16(24-13)11-4-7-23-8-5-11/h10-11H,3-9H2,1-2H3. The van der Waals surface area contributed by atoms with Gasteiger partial charge in [0, 0.05) is 32.1 Å². The van der Waals surface area contributed by atoms with Crippen LogP contribution in [0.5, 0.6) is 0 Å². The number of hydrogen-bond acceptors (Lipinski definition) is 7. The summed E-state index contributed by atoms with van der Waals surface area (Å²) in [6.07, 6.45) is 2.61. The number of aromatic nitrogens is 3. The molecule has 2 aromatic heterocycles. The van der Waals surface area contributed by atoms with E-state index in [-0.39, 0.29) is 11.8 Å². The van der Waals surface area contributed by atoms with Gasteiger partial charge in [0.25, 0.3) is 5.91 Å². The smallest absolute Gasteiger partial charge is 0.267 e. The zero-order valence-corrected chi connectivity index (χ0v) is 15.3. The average Bonchev–Trinajstić information content (AvgIpc) is 3.28. The lowest BCUT2D eigenvalue weighted by atomic mass is 10.0. The highest BCUT2D eigenvalue weighted by Gasteiger charge is 2.31. The predicted octanol–water partition coefficient (Wildman–Crippen LogP) is 2.74. The Bertz CT molecular complexity index is 764. The van der Waals surface area contributed by atoms with Crippen molar-refractivity contribution in [2.45, 2.75) is 51.5 Å². The fourth-order valence-corrected chi connectivity index (χ4v) is 4.17. The topological polar surface area (TPSA) is 81.4 Å². The lowest BCUT2D eigenvalue weighted by Gasteiger charge is -2.25. The molecule has 2 aromatic rings. The summed E-state index contributed by atoms with van der Waals surface area (Å²) in [4.78, 5) is 20.1. The van der Waals surface area contributed by atoms with Gasteiger partial charge >= 0.3 is 0 Å². The van der Waals surface area contributed by atoms with E-state index in [4.69, 9.17) is 14.1 Å². The molecule has 1 saturated heterocycles. The molecule has 0 unspecified atom stereocenters. The number of oxazole rings is 1. The highest BCUT2D eigenvalue weighted by Crippen LogP contribution is 2.31. The molecule has 0 N–H and O–H groups in total. The van der Waals surface area contributed by atoms with E-state index in [1.165, 1.54) is 11.5 Å². The number of fused-ring (bicyclic) bond motifs is 1. The third kappa shape index (κ3) is 3.20. The molecule has 0 bridgehead atoms. The van der Waals surface area contributed by atoms with E-state index in [0.717, 1.165) is 49.1 Å². The average molecular weight is 362 g/mol. The molecule has 2 aliphatic heterocycles. The summed E-state index contributed by atoms with van der Waals surface area (Å²) in [5, 5.41) is 4.12. The van der Waals surface area contributed by atoms with Crippen LogP contribution in [0, 0.1) is 0 Å². The van der Waals surface area contributed by atoms with Gasteiger partial charge in [0.05, 0.1) is 12.2 Å². The highest BCUT2D eigenvalue weighted by atomic mass is 32.1. The quantitative estimate of drug-likeness (QED) is 0.835. The first-order chi connectivity index (χ1) is 12.1. The SMILES string of the molecule is CC(C)c1nnsc1C(=O)N1CCc2oc(C3CCOCC3)nc2C1. The monoisotopic (exact) mass is 362 g/mol. The second-order valence-corrected chi connectivity index (χ2v) is 7.68. The van der Waals surface area contributed by atoms with E-state index in [0.29, 0.717) is 30.3 Å². The van der Waals surface area contributed by atoms with E-state index in [2.05, 4.69) is 9.59 Å². The summed E-state index contributed by atoms with van der Waals surface area (Å²) in [6, 6.07) is 0. The van der Waals surface area contributed by atoms with Crippen LogP contribution in [0.2, 0.25) is 0 Å². The van der Waals surface area contributed by atoms with Crippen molar-refractivity contribution in [1.29, 1.82) is 0 Å². The lowest BCUT2D eigenvalue weighted by molar-refractivity contribution is 0.0729. The van der Waals surface area contributed by atoms with Gasteiger partial charge in [0.1, 0.15) is 16.3 Å². The molecule has 0 radical (unpaired) electrons. The summed E-state index contributed by atoms with van der Waals surface area (Å²) in [7, 11) is 0. The van der Waals surface area contributed by atoms with Crippen LogP contribution in [0.1, 0.15) is 71.2 Å². The molecule has 8 heteroatoms. The fourth-order valence-electron chi connectivity index (χ4n) is 3.38. The Morgan fingerprint density at radius 1 is 1.32 bits per heavy atom. The van der Waals surface area contributed by atoms with Crippen molar-refractivity contribution in [3.8, 4) is 0 Å². The first-order valence-electron chi connectivity index (χ1n) is 8.81. The molecule has 1 fully saturated rings. The third-order valence-electron chi connectivity index (χ3n) is 4.86. The van der Waals surface area contributed by atoms with Gasteiger partial charge in [-0.25, -0.2) is 4.98 Å². The van der Waals surface area contributed by atoms with Gasteiger partial charge in [-0.1, -0.05) is 18.3 Å². The normalized spacial score (nSPS) is 18.6. The Morgan fingerprint density at radius 2 is 2.12 bits per heavy atom. The maximum atomic E-state index is 12.9. The number of rotatable bonds is 3. The largest absolute Gasteiger partial charge is 0.445 e. The number of ether oxygens (including phenoxy) is 1. The third-order valence-corrected chi connectivity index (χ3v) is 5.59. The number of nitrogens with zero attached hydrogens (tertiary/aromatic N) is 4. The maximum absolute atomic E-state index is 12.9. The van der Waals surface area contributed by atoms with Gasteiger partial charge in [-0.15, -0.1) is 5.10 Å². The van der Waals surface area contributed by atoms with Crippen molar-refractivity contribution in [2.75, 3.05) is 19.8 Å². The molecule has 1 amide bonds. The number of carbonyl (C=O) groups excluding carboxylic acids is 1. The first kappa shape index (κ1) is 16.7. The zero-order valence-electron chi connectivity index (χ0n) is 14.5. The maximum Gasteiger partial charge on any atom is 0.267 e. The second-order valence-electron chi connectivity index (χ2n) is 6.93. The Labute approximate surface area is 150 Å². The molecule has 0 saturated carbocycles. The van der Waals surface area contributed by atoms with Crippen molar-refractivity contribution in [1.82, 2.24) is 19.5 Å². The van der Waals surface area contributed by atoms with Gasteiger partial charge in [0.2, 0.25) is 0 Å². The van der Waals surface area contributed by atoms with E-state index < -0.39 is 0 Å². The molecule has 25 heavy (non-hydrogen) atoms. The summed E-state index contributed by atoms with van der Waals surface area (Å²) >= 11 is 1.18. The second kappa shape index (κ2) is 6.84. The zero-order chi connectivity index (χ0) is 17.4. The first-order valence-corrected chi connectivity index (χ1v) is 9.58.